The zero-order valence-electron chi connectivity index (χ0n) is 19.1. The summed E-state index contributed by atoms with van der Waals surface area (Å²) in [6.45, 7) is 5.12. The molecular formula is C24H46O5. The van der Waals surface area contributed by atoms with Crippen LogP contribution in [0.4, 0.5) is 0 Å². The van der Waals surface area contributed by atoms with Crippen LogP contribution in [0.3, 0.4) is 0 Å². The third kappa shape index (κ3) is 10.8. The first-order valence-electron chi connectivity index (χ1n) is 12.1. The van der Waals surface area contributed by atoms with Gasteiger partial charge in [-0.05, 0) is 50.4 Å². The Hall–Kier alpha value is -0.650. The molecule has 0 aromatic rings. The quantitative estimate of drug-likeness (QED) is 0.286. The number of rotatable bonds is 18. The van der Waals surface area contributed by atoms with Crippen molar-refractivity contribution < 1.29 is 24.5 Å². The summed E-state index contributed by atoms with van der Waals surface area (Å²) in [6, 6.07) is 0. The van der Waals surface area contributed by atoms with Gasteiger partial charge in [-0.3, -0.25) is 4.79 Å². The smallest absolute Gasteiger partial charge is 0.303 e. The molecule has 1 rings (SSSR count). The van der Waals surface area contributed by atoms with E-state index in [1.165, 1.54) is 19.3 Å². The molecule has 1 saturated carbocycles. The van der Waals surface area contributed by atoms with Crippen LogP contribution in [0.15, 0.2) is 0 Å². The number of carboxylic acids is 1. The number of ether oxygens (including phenoxy) is 2. The first kappa shape index (κ1) is 26.4. The molecular weight excluding hydrogens is 368 g/mol. The van der Waals surface area contributed by atoms with Crippen LogP contribution in [0.1, 0.15) is 104 Å². The predicted octanol–water partition coefficient (Wildman–Crippen LogP) is 5.58. The fourth-order valence-corrected chi connectivity index (χ4v) is 4.81. The highest BCUT2D eigenvalue weighted by molar-refractivity contribution is 5.66. The summed E-state index contributed by atoms with van der Waals surface area (Å²) in [6.07, 6.45) is 14.0. The van der Waals surface area contributed by atoms with Gasteiger partial charge in [-0.25, -0.2) is 0 Å². The van der Waals surface area contributed by atoms with Crippen LogP contribution in [0, 0.1) is 11.8 Å². The number of aliphatic hydroxyl groups is 1. The summed E-state index contributed by atoms with van der Waals surface area (Å²) in [5, 5.41) is 19.5. The van der Waals surface area contributed by atoms with Gasteiger partial charge in [-0.2, -0.15) is 0 Å². The molecule has 0 heterocycles. The Labute approximate surface area is 178 Å². The largest absolute Gasteiger partial charge is 0.481 e. The topological polar surface area (TPSA) is 76.0 Å². The zero-order chi connectivity index (χ0) is 21.5. The van der Waals surface area contributed by atoms with E-state index in [-0.39, 0.29) is 18.6 Å². The van der Waals surface area contributed by atoms with Gasteiger partial charge in [0, 0.05) is 26.6 Å². The van der Waals surface area contributed by atoms with Crippen LogP contribution in [0.25, 0.3) is 0 Å². The Morgan fingerprint density at radius 3 is 2.38 bits per heavy atom. The van der Waals surface area contributed by atoms with Crippen molar-refractivity contribution in [3.05, 3.63) is 0 Å². The lowest BCUT2D eigenvalue weighted by atomic mass is 9.84. The summed E-state index contributed by atoms with van der Waals surface area (Å²) < 4.78 is 11.9. The second kappa shape index (κ2) is 16.1. The molecule has 0 radical (unpaired) electrons. The van der Waals surface area contributed by atoms with Gasteiger partial charge in [0.2, 0.25) is 0 Å². The van der Waals surface area contributed by atoms with Gasteiger partial charge in [0.15, 0.2) is 0 Å². The van der Waals surface area contributed by atoms with Crippen molar-refractivity contribution in [1.82, 2.24) is 0 Å². The minimum absolute atomic E-state index is 0.162. The molecule has 0 aromatic heterocycles. The Morgan fingerprint density at radius 2 is 1.72 bits per heavy atom. The second-order valence-corrected chi connectivity index (χ2v) is 8.82. The third-order valence-corrected chi connectivity index (χ3v) is 6.49. The first-order chi connectivity index (χ1) is 14.0. The highest BCUT2D eigenvalue weighted by Gasteiger charge is 2.42. The van der Waals surface area contributed by atoms with Crippen LogP contribution in [-0.2, 0) is 14.3 Å². The van der Waals surface area contributed by atoms with E-state index in [1.807, 2.05) is 7.11 Å². The second-order valence-electron chi connectivity index (χ2n) is 8.82. The Kier molecular flexibility index (Phi) is 14.6. The number of carboxylic acid groups (broad SMARTS) is 1. The maximum absolute atomic E-state index is 10.7. The van der Waals surface area contributed by atoms with Crippen LogP contribution in [0.5, 0.6) is 0 Å². The summed E-state index contributed by atoms with van der Waals surface area (Å²) in [5.41, 5.74) is 0. The van der Waals surface area contributed by atoms with E-state index >= 15 is 0 Å². The molecule has 1 aliphatic carbocycles. The van der Waals surface area contributed by atoms with Crippen molar-refractivity contribution in [3.63, 3.8) is 0 Å². The maximum atomic E-state index is 10.7. The maximum Gasteiger partial charge on any atom is 0.303 e. The van der Waals surface area contributed by atoms with Gasteiger partial charge in [-0.15, -0.1) is 0 Å². The summed E-state index contributed by atoms with van der Waals surface area (Å²) in [4.78, 5) is 10.6. The highest BCUT2D eigenvalue weighted by atomic mass is 16.5. The number of aliphatic carboxylic acids is 1. The lowest BCUT2D eigenvalue weighted by molar-refractivity contribution is -0.137. The van der Waals surface area contributed by atoms with Crippen LogP contribution >= 0.6 is 0 Å². The Bertz CT molecular complexity index is 414. The van der Waals surface area contributed by atoms with Gasteiger partial charge in [-0.1, -0.05) is 52.4 Å². The van der Waals surface area contributed by atoms with E-state index in [2.05, 4.69) is 13.8 Å². The van der Waals surface area contributed by atoms with Crippen molar-refractivity contribution in [2.75, 3.05) is 13.7 Å². The van der Waals surface area contributed by atoms with E-state index in [9.17, 15) is 9.90 Å². The summed E-state index contributed by atoms with van der Waals surface area (Å²) in [7, 11) is 1.82. The van der Waals surface area contributed by atoms with Crippen LogP contribution in [-0.4, -0.2) is 48.2 Å². The molecule has 2 N–H and O–H groups in total. The van der Waals surface area contributed by atoms with Crippen molar-refractivity contribution >= 4 is 5.97 Å². The number of unbranched alkanes of at least 4 members (excludes halogenated alkanes) is 5. The standard InChI is InChI=1S/C24H46O5/c1-4-6-9-12-19(28-3)15-16-21-20(13-10-7-8-11-14-24(26)27)22(25)18-23(21)29-17-5-2/h19-23,25H,4-18H2,1-3H3,(H,26,27)/t19?,20-,21-,22+,23-/m1/s1. The van der Waals surface area contributed by atoms with Gasteiger partial charge in [0.1, 0.15) is 0 Å². The molecule has 172 valence electrons. The lowest BCUT2D eigenvalue weighted by Crippen LogP contribution is -2.26. The number of methoxy groups -OCH3 is 1. The van der Waals surface area contributed by atoms with Crippen LogP contribution in [0.2, 0.25) is 0 Å². The van der Waals surface area contributed by atoms with Gasteiger partial charge < -0.3 is 19.7 Å². The molecule has 5 atom stereocenters. The molecule has 1 aliphatic rings. The highest BCUT2D eigenvalue weighted by Crippen LogP contribution is 2.41. The minimum atomic E-state index is -0.709. The minimum Gasteiger partial charge on any atom is -0.481 e. The molecule has 1 unspecified atom stereocenters. The van der Waals surface area contributed by atoms with Crippen molar-refractivity contribution in [2.24, 2.45) is 11.8 Å². The lowest BCUT2D eigenvalue weighted by Gasteiger charge is -2.27. The molecule has 0 aliphatic heterocycles. The third-order valence-electron chi connectivity index (χ3n) is 6.49. The average molecular weight is 415 g/mol. The van der Waals surface area contributed by atoms with Crippen molar-refractivity contribution in [3.8, 4) is 0 Å². The average Bonchev–Trinajstić information content (AvgIpc) is 3.00. The molecule has 0 saturated heterocycles. The van der Waals surface area contributed by atoms with Gasteiger partial charge in [0.05, 0.1) is 18.3 Å². The molecule has 0 spiro atoms. The fraction of sp³-hybridized carbons (Fsp3) is 0.958. The van der Waals surface area contributed by atoms with Gasteiger partial charge in [0.25, 0.3) is 0 Å². The monoisotopic (exact) mass is 414 g/mol. The van der Waals surface area contributed by atoms with Crippen LogP contribution < -0.4 is 0 Å². The van der Waals surface area contributed by atoms with Crippen molar-refractivity contribution in [2.45, 2.75) is 122 Å². The number of hydrogen-bond donors (Lipinski definition) is 2. The predicted molar refractivity (Wildman–Crippen MR) is 117 cm³/mol. The Balaban J connectivity index is 2.52. The first-order valence-corrected chi connectivity index (χ1v) is 12.1. The van der Waals surface area contributed by atoms with Gasteiger partial charge >= 0.3 is 5.97 Å². The summed E-state index contributed by atoms with van der Waals surface area (Å²) in [5.74, 6) is -0.0114. The molecule has 0 bridgehead atoms. The SMILES string of the molecule is CCCCCC(CC[C@@H]1[C@@H](CCCCCCC(=O)O)[C@@H](O)C[C@H]1OCCC)OC. The number of aliphatic hydroxyl groups excluding tert-OH is 1. The number of hydrogen-bond acceptors (Lipinski definition) is 4. The normalized spacial score (nSPS) is 25.4. The number of carbonyl (C=O) groups is 1. The van der Waals surface area contributed by atoms with E-state index in [0.29, 0.717) is 17.9 Å². The summed E-state index contributed by atoms with van der Waals surface area (Å²) >= 11 is 0. The molecule has 29 heavy (non-hydrogen) atoms. The van der Waals surface area contributed by atoms with E-state index < -0.39 is 5.97 Å². The Morgan fingerprint density at radius 1 is 0.966 bits per heavy atom. The van der Waals surface area contributed by atoms with E-state index in [4.69, 9.17) is 14.6 Å². The fourth-order valence-electron chi connectivity index (χ4n) is 4.81. The molecule has 1 fully saturated rings. The molecule has 5 nitrogen and oxygen atoms in total. The molecule has 0 aromatic carbocycles. The molecule has 5 heteroatoms. The van der Waals surface area contributed by atoms with E-state index in [1.54, 1.807) is 0 Å². The molecule has 0 amide bonds. The van der Waals surface area contributed by atoms with E-state index in [0.717, 1.165) is 70.8 Å². The van der Waals surface area contributed by atoms with Crippen molar-refractivity contribution in [1.29, 1.82) is 0 Å². The zero-order valence-corrected chi connectivity index (χ0v) is 19.1.